The highest BCUT2D eigenvalue weighted by atomic mass is 16.5. The van der Waals surface area contributed by atoms with Crippen molar-refractivity contribution in [2.24, 2.45) is 7.05 Å². The fourth-order valence-corrected chi connectivity index (χ4v) is 2.47. The maximum atomic E-state index is 5.93. The Morgan fingerprint density at radius 2 is 1.79 bits per heavy atom. The molecule has 0 aliphatic rings. The van der Waals surface area contributed by atoms with Crippen LogP contribution in [0.5, 0.6) is 11.5 Å². The number of nitrogens with zero attached hydrogens (tertiary/aromatic N) is 2. The fourth-order valence-electron chi connectivity index (χ4n) is 2.47. The summed E-state index contributed by atoms with van der Waals surface area (Å²) in [6, 6.07) is 15.8. The van der Waals surface area contributed by atoms with Crippen LogP contribution in [0.4, 0.5) is 5.69 Å². The number of hydrogen-bond acceptors (Lipinski definition) is 4. The second kappa shape index (κ2) is 7.55. The van der Waals surface area contributed by atoms with Gasteiger partial charge in [0.1, 0.15) is 6.61 Å². The minimum atomic E-state index is 0.469. The Balaban J connectivity index is 1.67. The van der Waals surface area contributed by atoms with E-state index in [1.807, 2.05) is 55.8 Å². The summed E-state index contributed by atoms with van der Waals surface area (Å²) in [4.78, 5) is 0. The molecule has 0 amide bonds. The highest BCUT2D eigenvalue weighted by Crippen LogP contribution is 2.27. The van der Waals surface area contributed by atoms with Gasteiger partial charge in [-0.15, -0.1) is 0 Å². The van der Waals surface area contributed by atoms with Gasteiger partial charge in [0.25, 0.3) is 0 Å². The van der Waals surface area contributed by atoms with Crippen molar-refractivity contribution >= 4 is 5.69 Å². The smallest absolute Gasteiger partial charge is 0.161 e. The summed E-state index contributed by atoms with van der Waals surface area (Å²) in [5.41, 5.74) is 3.28. The topological polar surface area (TPSA) is 48.3 Å². The molecule has 0 bridgehead atoms. The predicted molar refractivity (Wildman–Crippen MR) is 94.3 cm³/mol. The molecule has 0 saturated carbocycles. The molecular weight excluding hydrogens is 302 g/mol. The maximum Gasteiger partial charge on any atom is 0.161 e. The summed E-state index contributed by atoms with van der Waals surface area (Å²) in [6.07, 6.45) is 3.86. The minimum absolute atomic E-state index is 0.469. The van der Waals surface area contributed by atoms with Crippen LogP contribution < -0.4 is 14.8 Å². The minimum Gasteiger partial charge on any atom is -0.493 e. The summed E-state index contributed by atoms with van der Waals surface area (Å²) in [7, 11) is 3.56. The molecule has 0 radical (unpaired) electrons. The van der Waals surface area contributed by atoms with Gasteiger partial charge in [0, 0.05) is 36.6 Å². The van der Waals surface area contributed by atoms with E-state index in [0.717, 1.165) is 34.9 Å². The summed E-state index contributed by atoms with van der Waals surface area (Å²) in [5.74, 6) is 1.47. The summed E-state index contributed by atoms with van der Waals surface area (Å²) < 4.78 is 13.1. The average Bonchev–Trinajstić information content (AvgIpc) is 3.04. The fraction of sp³-hybridized carbons (Fsp3) is 0.211. The van der Waals surface area contributed by atoms with Crippen molar-refractivity contribution in [3.8, 4) is 11.5 Å². The molecule has 3 aromatic rings. The number of methoxy groups -OCH3 is 1. The molecule has 0 saturated heterocycles. The molecule has 0 aliphatic carbocycles. The number of benzene rings is 2. The van der Waals surface area contributed by atoms with Crippen LogP contribution in [0, 0.1) is 0 Å². The monoisotopic (exact) mass is 323 g/mol. The van der Waals surface area contributed by atoms with Crippen molar-refractivity contribution in [3.63, 3.8) is 0 Å². The van der Waals surface area contributed by atoms with Crippen LogP contribution in [0.2, 0.25) is 0 Å². The van der Waals surface area contributed by atoms with Crippen molar-refractivity contribution in [1.82, 2.24) is 9.78 Å². The van der Waals surface area contributed by atoms with Crippen molar-refractivity contribution in [2.75, 3.05) is 12.4 Å². The Labute approximate surface area is 141 Å². The third kappa shape index (κ3) is 3.87. The van der Waals surface area contributed by atoms with Gasteiger partial charge < -0.3 is 14.8 Å². The number of hydrogen-bond donors (Lipinski definition) is 1. The van der Waals surface area contributed by atoms with Crippen LogP contribution in [-0.4, -0.2) is 16.9 Å². The first kappa shape index (κ1) is 15.9. The van der Waals surface area contributed by atoms with Crippen molar-refractivity contribution in [3.05, 3.63) is 72.1 Å². The number of rotatable bonds is 7. The van der Waals surface area contributed by atoms with E-state index in [0.29, 0.717) is 6.61 Å². The lowest BCUT2D eigenvalue weighted by Crippen LogP contribution is -2.04. The van der Waals surface area contributed by atoms with Crippen LogP contribution in [0.25, 0.3) is 0 Å². The van der Waals surface area contributed by atoms with E-state index < -0.39 is 0 Å². The van der Waals surface area contributed by atoms with Gasteiger partial charge in [-0.1, -0.05) is 30.3 Å². The first-order valence-electron chi connectivity index (χ1n) is 7.81. The Bertz CT molecular complexity index is 799. The standard InChI is InChI=1S/C19H21N3O2/c1-22-13-15(12-21-22)11-20-17-8-4-3-7-16(17)14-24-19-10-6-5-9-18(19)23-2/h3-10,12-13,20H,11,14H2,1-2H3. The molecule has 0 fully saturated rings. The number of para-hydroxylation sites is 3. The van der Waals surface area contributed by atoms with Crippen molar-refractivity contribution < 1.29 is 9.47 Å². The zero-order valence-electron chi connectivity index (χ0n) is 13.9. The largest absolute Gasteiger partial charge is 0.493 e. The van der Waals surface area contributed by atoms with Gasteiger partial charge in [-0.2, -0.15) is 5.10 Å². The Morgan fingerprint density at radius 1 is 1.04 bits per heavy atom. The molecule has 1 N–H and O–H groups in total. The first-order valence-corrected chi connectivity index (χ1v) is 7.81. The van der Waals surface area contributed by atoms with Gasteiger partial charge in [-0.3, -0.25) is 4.68 Å². The molecule has 1 heterocycles. The van der Waals surface area contributed by atoms with Gasteiger partial charge in [0.05, 0.1) is 13.3 Å². The van der Waals surface area contributed by atoms with Gasteiger partial charge in [0.15, 0.2) is 11.5 Å². The zero-order valence-corrected chi connectivity index (χ0v) is 13.9. The second-order valence-electron chi connectivity index (χ2n) is 5.47. The third-order valence-electron chi connectivity index (χ3n) is 3.71. The zero-order chi connectivity index (χ0) is 16.8. The Hall–Kier alpha value is -2.95. The van der Waals surface area contributed by atoms with Gasteiger partial charge in [0.2, 0.25) is 0 Å². The number of aryl methyl sites for hydroxylation is 1. The molecule has 124 valence electrons. The highest BCUT2D eigenvalue weighted by molar-refractivity contribution is 5.51. The average molecular weight is 323 g/mol. The van der Waals surface area contributed by atoms with E-state index in [1.165, 1.54) is 0 Å². The quantitative estimate of drug-likeness (QED) is 0.721. The van der Waals surface area contributed by atoms with Gasteiger partial charge >= 0.3 is 0 Å². The molecule has 0 spiro atoms. The molecule has 5 heteroatoms. The van der Waals surface area contributed by atoms with Crippen LogP contribution in [-0.2, 0) is 20.2 Å². The van der Waals surface area contributed by atoms with Crippen LogP contribution >= 0.6 is 0 Å². The SMILES string of the molecule is COc1ccccc1OCc1ccccc1NCc1cnn(C)c1. The van der Waals surface area contributed by atoms with Crippen molar-refractivity contribution in [2.45, 2.75) is 13.2 Å². The molecule has 3 rings (SSSR count). The van der Waals surface area contributed by atoms with Gasteiger partial charge in [-0.25, -0.2) is 0 Å². The van der Waals surface area contributed by atoms with E-state index in [1.54, 1.807) is 11.8 Å². The normalized spacial score (nSPS) is 10.4. The third-order valence-corrected chi connectivity index (χ3v) is 3.71. The predicted octanol–water partition coefficient (Wildman–Crippen LogP) is 3.62. The number of nitrogens with one attached hydrogen (secondary N) is 1. The molecular formula is C19H21N3O2. The van der Waals surface area contributed by atoms with E-state index in [-0.39, 0.29) is 0 Å². The molecule has 2 aromatic carbocycles. The molecule has 0 aliphatic heterocycles. The molecule has 24 heavy (non-hydrogen) atoms. The molecule has 1 aromatic heterocycles. The molecule has 0 atom stereocenters. The number of ether oxygens (including phenoxy) is 2. The Kier molecular flexibility index (Phi) is 5.01. The maximum absolute atomic E-state index is 5.93. The van der Waals surface area contributed by atoms with Crippen LogP contribution in [0.15, 0.2) is 60.9 Å². The first-order chi connectivity index (χ1) is 11.8. The second-order valence-corrected chi connectivity index (χ2v) is 5.47. The number of aromatic nitrogens is 2. The molecule has 5 nitrogen and oxygen atoms in total. The lowest BCUT2D eigenvalue weighted by atomic mass is 10.2. The van der Waals surface area contributed by atoms with E-state index in [2.05, 4.69) is 22.5 Å². The van der Waals surface area contributed by atoms with E-state index >= 15 is 0 Å². The molecule has 0 unspecified atom stereocenters. The Morgan fingerprint density at radius 3 is 2.54 bits per heavy atom. The lowest BCUT2D eigenvalue weighted by Gasteiger charge is -2.14. The lowest BCUT2D eigenvalue weighted by molar-refractivity contribution is 0.285. The number of anilines is 1. The summed E-state index contributed by atoms with van der Waals surface area (Å²) in [5, 5.41) is 7.63. The summed E-state index contributed by atoms with van der Waals surface area (Å²) in [6.45, 7) is 1.19. The van der Waals surface area contributed by atoms with Crippen molar-refractivity contribution in [1.29, 1.82) is 0 Å². The van der Waals surface area contributed by atoms with E-state index in [4.69, 9.17) is 9.47 Å². The highest BCUT2D eigenvalue weighted by Gasteiger charge is 2.06. The van der Waals surface area contributed by atoms with E-state index in [9.17, 15) is 0 Å². The van der Waals surface area contributed by atoms with Gasteiger partial charge in [-0.05, 0) is 18.2 Å². The van der Waals surface area contributed by atoms with Crippen LogP contribution in [0.3, 0.4) is 0 Å². The summed E-state index contributed by atoms with van der Waals surface area (Å²) >= 11 is 0. The van der Waals surface area contributed by atoms with Crippen LogP contribution in [0.1, 0.15) is 11.1 Å².